The number of fused-ring (bicyclic) bond motifs is 2. The van der Waals surface area contributed by atoms with Crippen molar-refractivity contribution in [3.05, 3.63) is 16.7 Å². The fourth-order valence-corrected chi connectivity index (χ4v) is 17.0. The van der Waals surface area contributed by atoms with Crippen molar-refractivity contribution in [1.29, 1.82) is 0 Å². The Morgan fingerprint density at radius 1 is 1.05 bits per heavy atom. The molecule has 2 aromatic heterocycles. The summed E-state index contributed by atoms with van der Waals surface area (Å²) >= 11 is 0. The summed E-state index contributed by atoms with van der Waals surface area (Å²) in [7, 11) is -5.75. The molecule has 2 aliphatic heterocycles. The van der Waals surface area contributed by atoms with Gasteiger partial charge in [-0.2, -0.15) is 4.98 Å². The number of carbonyl (C=O) groups excluding carboxylic acids is 1. The van der Waals surface area contributed by atoms with Gasteiger partial charge in [-0.15, -0.1) is 0 Å². The lowest BCUT2D eigenvalue weighted by Gasteiger charge is -2.51. The first-order valence-corrected chi connectivity index (χ1v) is 18.2. The normalized spacial score (nSPS) is 26.6. The largest absolute Gasteiger partial charge is 0.414 e. The fourth-order valence-electron chi connectivity index (χ4n) is 5.80. The van der Waals surface area contributed by atoms with Crippen LogP contribution in [0.2, 0.25) is 22.2 Å². The summed E-state index contributed by atoms with van der Waals surface area (Å²) in [6.07, 6.45) is -1.92. The summed E-state index contributed by atoms with van der Waals surface area (Å²) in [6.45, 7) is 20.8. The van der Waals surface area contributed by atoms with Crippen LogP contribution in [0.4, 0.5) is 5.95 Å². The smallest absolute Gasteiger partial charge is 0.335 e. The van der Waals surface area contributed by atoms with Crippen LogP contribution in [-0.4, -0.2) is 72.6 Å². The van der Waals surface area contributed by atoms with Crippen molar-refractivity contribution in [3.63, 3.8) is 0 Å². The minimum absolute atomic E-state index is 0.000117. The van der Waals surface area contributed by atoms with Gasteiger partial charge in [0.15, 0.2) is 17.4 Å². The van der Waals surface area contributed by atoms with E-state index in [1.807, 2.05) is 0 Å². The van der Waals surface area contributed by atoms with Crippen molar-refractivity contribution in [2.75, 3.05) is 11.9 Å². The van der Waals surface area contributed by atoms with E-state index in [-0.39, 0.29) is 57.7 Å². The molecule has 40 heavy (non-hydrogen) atoms. The lowest BCUT2D eigenvalue weighted by molar-refractivity contribution is -0.118. The van der Waals surface area contributed by atoms with Crippen LogP contribution < -0.4 is 10.9 Å². The SMILES string of the molecule is CC(C)C(=O)Nc1nc2c(ncn2C2OC3CO[Si](C(C)C)(C(C)C)O[Si](C(C)C)(C(C)C)O[C@H]3[C@H]2O)c(=O)[nH]1. The number of amides is 1. The first kappa shape index (κ1) is 31.0. The maximum atomic E-state index is 12.8. The maximum Gasteiger partial charge on any atom is 0.335 e. The molecule has 2 unspecified atom stereocenters. The number of nitrogens with zero attached hydrogens (tertiary/aromatic N) is 3. The van der Waals surface area contributed by atoms with Crippen LogP contribution >= 0.6 is 0 Å². The number of hydrogen-bond acceptors (Lipinski definition) is 9. The third-order valence-corrected chi connectivity index (χ3v) is 18.4. The molecule has 12 nitrogen and oxygen atoms in total. The van der Waals surface area contributed by atoms with Crippen molar-refractivity contribution >= 4 is 40.1 Å². The second-order valence-corrected chi connectivity index (χ2v) is 21.3. The van der Waals surface area contributed by atoms with Gasteiger partial charge >= 0.3 is 17.1 Å². The molecule has 2 fully saturated rings. The number of aliphatic hydroxyl groups is 1. The number of ether oxygens (including phenoxy) is 1. The van der Waals surface area contributed by atoms with Crippen LogP contribution in [0.15, 0.2) is 11.1 Å². The zero-order valence-electron chi connectivity index (χ0n) is 25.2. The van der Waals surface area contributed by atoms with Gasteiger partial charge in [0.25, 0.3) is 5.56 Å². The van der Waals surface area contributed by atoms with Crippen molar-refractivity contribution in [2.24, 2.45) is 5.92 Å². The summed E-state index contributed by atoms with van der Waals surface area (Å²) in [4.78, 5) is 36.2. The molecule has 2 aliphatic rings. The van der Waals surface area contributed by atoms with E-state index < -0.39 is 47.2 Å². The first-order chi connectivity index (χ1) is 18.6. The molecule has 0 bridgehead atoms. The summed E-state index contributed by atoms with van der Waals surface area (Å²) in [6, 6.07) is 0. The Hall–Kier alpha value is -1.95. The number of aromatic amines is 1. The third kappa shape index (κ3) is 5.23. The highest BCUT2D eigenvalue weighted by Crippen LogP contribution is 2.48. The maximum absolute atomic E-state index is 12.8. The topological polar surface area (TPSA) is 150 Å². The molecule has 3 N–H and O–H groups in total. The van der Waals surface area contributed by atoms with Gasteiger partial charge in [0, 0.05) is 5.92 Å². The molecule has 2 aromatic rings. The predicted octanol–water partition coefficient (Wildman–Crippen LogP) is 3.93. The number of hydrogen-bond donors (Lipinski definition) is 3. The molecule has 0 aliphatic carbocycles. The molecule has 1 amide bonds. The number of H-pyrrole nitrogens is 1. The average Bonchev–Trinajstić information content (AvgIpc) is 3.39. The van der Waals surface area contributed by atoms with Crippen LogP contribution in [0, 0.1) is 5.92 Å². The van der Waals surface area contributed by atoms with Gasteiger partial charge < -0.3 is 22.8 Å². The number of imidazole rings is 1. The van der Waals surface area contributed by atoms with Crippen molar-refractivity contribution in [2.45, 2.75) is 116 Å². The number of carbonyl (C=O) groups is 1. The number of aromatic nitrogens is 4. The summed E-state index contributed by atoms with van der Waals surface area (Å²) in [5.41, 5.74) is 0.271. The second kappa shape index (κ2) is 11.4. The Bertz CT molecular complexity index is 1260. The lowest BCUT2D eigenvalue weighted by atomic mass is 10.1. The van der Waals surface area contributed by atoms with Crippen LogP contribution in [0.3, 0.4) is 0 Å². The molecule has 224 valence electrons. The monoisotopic (exact) mass is 595 g/mol. The summed E-state index contributed by atoms with van der Waals surface area (Å²) in [5.74, 6) is -0.596. The van der Waals surface area contributed by atoms with E-state index in [2.05, 4.69) is 75.7 Å². The van der Waals surface area contributed by atoms with E-state index >= 15 is 0 Å². The van der Waals surface area contributed by atoms with Crippen molar-refractivity contribution in [1.82, 2.24) is 19.5 Å². The molecule has 2 saturated heterocycles. The van der Waals surface area contributed by atoms with Gasteiger partial charge in [0.05, 0.1) is 12.9 Å². The molecule has 14 heteroatoms. The quantitative estimate of drug-likeness (QED) is 0.405. The van der Waals surface area contributed by atoms with Gasteiger partial charge in [-0.25, -0.2) is 4.98 Å². The highest BCUT2D eigenvalue weighted by Gasteiger charge is 2.61. The van der Waals surface area contributed by atoms with Gasteiger partial charge in [-0.1, -0.05) is 69.2 Å². The van der Waals surface area contributed by atoms with Gasteiger partial charge in [-0.05, 0) is 22.2 Å². The van der Waals surface area contributed by atoms with Crippen molar-refractivity contribution in [3.8, 4) is 0 Å². The van der Waals surface area contributed by atoms with Crippen molar-refractivity contribution < 1.29 is 27.6 Å². The Labute approximate surface area is 237 Å². The Morgan fingerprint density at radius 3 is 2.20 bits per heavy atom. The van der Waals surface area contributed by atoms with Crippen LogP contribution in [0.1, 0.15) is 75.5 Å². The van der Waals surface area contributed by atoms with Crippen LogP contribution in [-0.2, 0) is 22.5 Å². The highest BCUT2D eigenvalue weighted by atomic mass is 28.5. The van der Waals surface area contributed by atoms with E-state index in [1.54, 1.807) is 13.8 Å². The molecule has 0 saturated carbocycles. The lowest BCUT2D eigenvalue weighted by Crippen LogP contribution is -2.65. The number of nitrogens with one attached hydrogen (secondary N) is 2. The molecule has 0 radical (unpaired) electrons. The Morgan fingerprint density at radius 2 is 1.65 bits per heavy atom. The van der Waals surface area contributed by atoms with E-state index in [0.717, 1.165) is 0 Å². The van der Waals surface area contributed by atoms with E-state index in [1.165, 1.54) is 10.9 Å². The first-order valence-electron chi connectivity index (χ1n) is 14.3. The second-order valence-electron chi connectivity index (χ2n) is 12.5. The number of rotatable bonds is 7. The zero-order valence-corrected chi connectivity index (χ0v) is 27.2. The van der Waals surface area contributed by atoms with Crippen LogP contribution in [0.25, 0.3) is 11.2 Å². The van der Waals surface area contributed by atoms with Gasteiger partial charge in [0.1, 0.15) is 18.3 Å². The molecular formula is C26H45N5O7Si2. The molecule has 4 heterocycles. The summed E-state index contributed by atoms with van der Waals surface area (Å²) < 4.78 is 28.9. The molecule has 0 spiro atoms. The highest BCUT2D eigenvalue weighted by molar-refractivity contribution is 6.84. The van der Waals surface area contributed by atoms with E-state index in [9.17, 15) is 14.7 Å². The third-order valence-electron chi connectivity index (χ3n) is 8.11. The van der Waals surface area contributed by atoms with Gasteiger partial charge in [-0.3, -0.25) is 24.5 Å². The molecule has 4 rings (SSSR count). The van der Waals surface area contributed by atoms with E-state index in [0.29, 0.717) is 0 Å². The Kier molecular flexibility index (Phi) is 8.82. The molecule has 0 aromatic carbocycles. The van der Waals surface area contributed by atoms with Crippen LogP contribution in [0.5, 0.6) is 0 Å². The molecular weight excluding hydrogens is 550 g/mol. The summed E-state index contributed by atoms with van der Waals surface area (Å²) in [5, 5.41) is 14.3. The van der Waals surface area contributed by atoms with Gasteiger partial charge in [0.2, 0.25) is 11.9 Å². The number of anilines is 1. The Balaban J connectivity index is 1.76. The standard InChI is InChI=1S/C26H45N5O7Si2/c1-13(2)23(33)29-26-28-22-19(24(34)30-26)27-12-31(22)25-20(32)21-18(36-25)11-35-39(14(3)4,15(5)6)38-40(37-21,16(7)8)17(9)10/h12-18,20-21,25,32H,11H2,1-10H3,(H2,28,29,30,33,34)/t18?,20-,21-,25?/m1/s1. The molecule has 4 atom stereocenters. The predicted molar refractivity (Wildman–Crippen MR) is 155 cm³/mol. The average molecular weight is 596 g/mol. The minimum Gasteiger partial charge on any atom is -0.414 e. The van der Waals surface area contributed by atoms with E-state index in [4.69, 9.17) is 17.7 Å². The zero-order chi connectivity index (χ0) is 29.7. The number of aliphatic hydroxyl groups excluding tert-OH is 1. The minimum atomic E-state index is -2.97. The fraction of sp³-hybridized carbons (Fsp3) is 0.769.